The molecular formula is C11H16ClFN2. The van der Waals surface area contributed by atoms with E-state index in [0.717, 1.165) is 18.4 Å². The quantitative estimate of drug-likeness (QED) is 0.603. The van der Waals surface area contributed by atoms with Crippen molar-refractivity contribution >= 4 is 11.6 Å². The molecule has 0 radical (unpaired) electrons. The van der Waals surface area contributed by atoms with Crippen LogP contribution >= 0.6 is 11.6 Å². The molecule has 1 unspecified atom stereocenters. The van der Waals surface area contributed by atoms with E-state index < -0.39 is 0 Å². The van der Waals surface area contributed by atoms with E-state index in [1.54, 1.807) is 6.07 Å². The van der Waals surface area contributed by atoms with E-state index >= 15 is 0 Å². The summed E-state index contributed by atoms with van der Waals surface area (Å²) in [5.74, 6) is 5.03. The van der Waals surface area contributed by atoms with Crippen LogP contribution in [0, 0.1) is 5.82 Å². The smallest absolute Gasteiger partial charge is 0.142 e. The van der Waals surface area contributed by atoms with Crippen molar-refractivity contribution in [2.45, 2.75) is 32.2 Å². The number of hydrogen-bond acceptors (Lipinski definition) is 2. The Morgan fingerprint density at radius 1 is 1.53 bits per heavy atom. The van der Waals surface area contributed by atoms with Gasteiger partial charge in [0.25, 0.3) is 0 Å². The maximum absolute atomic E-state index is 13.1. The number of rotatable bonds is 5. The van der Waals surface area contributed by atoms with Crippen molar-refractivity contribution in [2.24, 2.45) is 5.84 Å². The number of nitrogens with one attached hydrogen (secondary N) is 1. The standard InChI is InChI=1S/C11H16ClFN2/c1-2-4-9(15-14)7-8-5-3-6-10(13)11(8)12/h3,5-6,9,15H,2,4,7,14H2,1H3. The number of nitrogens with two attached hydrogens (primary N) is 1. The summed E-state index contributed by atoms with van der Waals surface area (Å²) in [6, 6.07) is 4.99. The summed E-state index contributed by atoms with van der Waals surface area (Å²) in [6.07, 6.45) is 2.63. The average molecular weight is 231 g/mol. The Labute approximate surface area is 94.6 Å². The number of hydrazine groups is 1. The Morgan fingerprint density at radius 3 is 2.87 bits per heavy atom. The fourth-order valence-electron chi connectivity index (χ4n) is 1.56. The maximum Gasteiger partial charge on any atom is 0.142 e. The van der Waals surface area contributed by atoms with E-state index in [0.29, 0.717) is 6.42 Å². The van der Waals surface area contributed by atoms with Crippen LogP contribution < -0.4 is 11.3 Å². The highest BCUT2D eigenvalue weighted by molar-refractivity contribution is 6.31. The maximum atomic E-state index is 13.1. The lowest BCUT2D eigenvalue weighted by atomic mass is 10.0. The van der Waals surface area contributed by atoms with Crippen LogP contribution in [0.2, 0.25) is 5.02 Å². The van der Waals surface area contributed by atoms with Gasteiger partial charge in [0.15, 0.2) is 0 Å². The third-order valence-corrected chi connectivity index (χ3v) is 2.79. The van der Waals surface area contributed by atoms with Crippen LogP contribution in [-0.2, 0) is 6.42 Å². The number of benzene rings is 1. The van der Waals surface area contributed by atoms with Gasteiger partial charge in [-0.05, 0) is 24.5 Å². The van der Waals surface area contributed by atoms with E-state index in [1.165, 1.54) is 6.07 Å². The lowest BCUT2D eigenvalue weighted by Gasteiger charge is -2.15. The lowest BCUT2D eigenvalue weighted by Crippen LogP contribution is -2.36. The van der Waals surface area contributed by atoms with Crippen LogP contribution in [0.5, 0.6) is 0 Å². The van der Waals surface area contributed by atoms with Crippen LogP contribution in [0.15, 0.2) is 18.2 Å². The molecule has 2 nitrogen and oxygen atoms in total. The Morgan fingerprint density at radius 2 is 2.27 bits per heavy atom. The molecule has 0 amide bonds. The van der Waals surface area contributed by atoms with Gasteiger partial charge < -0.3 is 0 Å². The van der Waals surface area contributed by atoms with Gasteiger partial charge in [0, 0.05) is 6.04 Å². The Balaban J connectivity index is 2.74. The van der Waals surface area contributed by atoms with Gasteiger partial charge in [0.1, 0.15) is 5.82 Å². The highest BCUT2D eigenvalue weighted by atomic mass is 35.5. The predicted molar refractivity (Wildman–Crippen MR) is 61.1 cm³/mol. The third-order valence-electron chi connectivity index (χ3n) is 2.37. The molecule has 0 fully saturated rings. The van der Waals surface area contributed by atoms with Crippen molar-refractivity contribution in [1.29, 1.82) is 0 Å². The molecule has 15 heavy (non-hydrogen) atoms. The van der Waals surface area contributed by atoms with Gasteiger partial charge in [-0.15, -0.1) is 0 Å². The van der Waals surface area contributed by atoms with Crippen molar-refractivity contribution in [3.05, 3.63) is 34.6 Å². The monoisotopic (exact) mass is 230 g/mol. The van der Waals surface area contributed by atoms with Crippen LogP contribution in [0.3, 0.4) is 0 Å². The topological polar surface area (TPSA) is 38.0 Å². The molecule has 84 valence electrons. The zero-order valence-corrected chi connectivity index (χ0v) is 9.52. The predicted octanol–water partition coefficient (Wildman–Crippen LogP) is 2.65. The molecule has 1 atom stereocenters. The summed E-state index contributed by atoms with van der Waals surface area (Å²) < 4.78 is 13.1. The minimum absolute atomic E-state index is 0.147. The van der Waals surface area contributed by atoms with Gasteiger partial charge in [0.2, 0.25) is 0 Å². The summed E-state index contributed by atoms with van der Waals surface area (Å²) >= 11 is 5.85. The van der Waals surface area contributed by atoms with Crippen LogP contribution in [-0.4, -0.2) is 6.04 Å². The molecule has 0 aliphatic carbocycles. The molecule has 4 heteroatoms. The number of halogens is 2. The third kappa shape index (κ3) is 3.45. The molecule has 3 N–H and O–H groups in total. The molecule has 1 rings (SSSR count). The van der Waals surface area contributed by atoms with E-state index in [1.807, 2.05) is 6.07 Å². The second-order valence-electron chi connectivity index (χ2n) is 3.57. The van der Waals surface area contributed by atoms with E-state index in [-0.39, 0.29) is 16.9 Å². The Bertz CT molecular complexity index is 317. The highest BCUT2D eigenvalue weighted by Gasteiger charge is 2.11. The summed E-state index contributed by atoms with van der Waals surface area (Å²) in [6.45, 7) is 2.08. The van der Waals surface area contributed by atoms with E-state index in [9.17, 15) is 4.39 Å². The first-order chi connectivity index (χ1) is 7.19. The minimum Gasteiger partial charge on any atom is -0.271 e. The Hall–Kier alpha value is -0.640. The first-order valence-electron chi connectivity index (χ1n) is 5.08. The molecule has 0 saturated heterocycles. The largest absolute Gasteiger partial charge is 0.271 e. The number of hydrogen-bond donors (Lipinski definition) is 2. The van der Waals surface area contributed by atoms with Crippen molar-refractivity contribution < 1.29 is 4.39 Å². The normalized spacial score (nSPS) is 12.8. The molecular weight excluding hydrogens is 215 g/mol. The van der Waals surface area contributed by atoms with Crippen LogP contribution in [0.1, 0.15) is 25.3 Å². The van der Waals surface area contributed by atoms with Crippen molar-refractivity contribution in [3.8, 4) is 0 Å². The van der Waals surface area contributed by atoms with Crippen LogP contribution in [0.4, 0.5) is 4.39 Å². The molecule has 0 aliphatic rings. The van der Waals surface area contributed by atoms with Gasteiger partial charge in [-0.2, -0.15) is 0 Å². The average Bonchev–Trinajstić information content (AvgIpc) is 2.24. The van der Waals surface area contributed by atoms with Gasteiger partial charge >= 0.3 is 0 Å². The van der Waals surface area contributed by atoms with E-state index in [4.69, 9.17) is 17.4 Å². The highest BCUT2D eigenvalue weighted by Crippen LogP contribution is 2.21. The summed E-state index contributed by atoms with van der Waals surface area (Å²) in [7, 11) is 0. The van der Waals surface area contributed by atoms with E-state index in [2.05, 4.69) is 12.3 Å². The molecule has 0 spiro atoms. The van der Waals surface area contributed by atoms with Gasteiger partial charge in [-0.3, -0.25) is 11.3 Å². The molecule has 0 bridgehead atoms. The Kier molecular flexibility index (Phi) is 5.02. The summed E-state index contributed by atoms with van der Waals surface area (Å²) in [4.78, 5) is 0. The second-order valence-corrected chi connectivity index (χ2v) is 3.95. The summed E-state index contributed by atoms with van der Waals surface area (Å²) in [5, 5.41) is 0.203. The van der Waals surface area contributed by atoms with Gasteiger partial charge in [0.05, 0.1) is 5.02 Å². The van der Waals surface area contributed by atoms with Gasteiger partial charge in [-0.25, -0.2) is 4.39 Å². The van der Waals surface area contributed by atoms with Crippen molar-refractivity contribution in [2.75, 3.05) is 0 Å². The minimum atomic E-state index is -0.374. The fourth-order valence-corrected chi connectivity index (χ4v) is 1.77. The van der Waals surface area contributed by atoms with Gasteiger partial charge in [-0.1, -0.05) is 37.1 Å². The SMILES string of the molecule is CCCC(Cc1cccc(F)c1Cl)NN. The molecule has 0 heterocycles. The summed E-state index contributed by atoms with van der Waals surface area (Å²) in [5.41, 5.74) is 3.52. The molecule has 0 aliphatic heterocycles. The molecule has 0 aromatic heterocycles. The fraction of sp³-hybridized carbons (Fsp3) is 0.455. The lowest BCUT2D eigenvalue weighted by molar-refractivity contribution is 0.485. The van der Waals surface area contributed by atoms with Crippen molar-refractivity contribution in [1.82, 2.24) is 5.43 Å². The first kappa shape index (κ1) is 12.4. The molecule has 1 aromatic rings. The molecule has 0 saturated carbocycles. The zero-order chi connectivity index (χ0) is 11.3. The van der Waals surface area contributed by atoms with Crippen LogP contribution in [0.25, 0.3) is 0 Å². The van der Waals surface area contributed by atoms with Crippen molar-refractivity contribution in [3.63, 3.8) is 0 Å². The zero-order valence-electron chi connectivity index (χ0n) is 8.76. The second kappa shape index (κ2) is 6.05. The molecule has 1 aromatic carbocycles. The first-order valence-corrected chi connectivity index (χ1v) is 5.45.